The molecular weight excluding hydrogens is 358 g/mol. The van der Waals surface area contributed by atoms with Crippen molar-refractivity contribution in [1.82, 2.24) is 25.5 Å². The van der Waals surface area contributed by atoms with Crippen molar-refractivity contribution >= 4 is 21.8 Å². The lowest BCUT2D eigenvalue weighted by molar-refractivity contribution is 0.0944. The number of fused-ring (bicyclic) bond motifs is 2. The number of allylic oxidation sites excluding steroid dienone is 2. The van der Waals surface area contributed by atoms with Crippen molar-refractivity contribution in [3.8, 4) is 5.69 Å². The minimum atomic E-state index is -0.0708. The van der Waals surface area contributed by atoms with Crippen molar-refractivity contribution in [2.24, 2.45) is 17.8 Å². The maximum atomic E-state index is 12.5. The number of hydrogen-bond donors (Lipinski definition) is 1. The molecular formula is C16H16BrN5O. The molecule has 1 aromatic carbocycles. The van der Waals surface area contributed by atoms with E-state index in [1.807, 2.05) is 12.1 Å². The molecule has 0 aliphatic heterocycles. The van der Waals surface area contributed by atoms with Crippen molar-refractivity contribution in [3.05, 3.63) is 46.7 Å². The molecule has 1 heterocycles. The van der Waals surface area contributed by atoms with E-state index in [1.165, 1.54) is 23.9 Å². The molecule has 2 aliphatic rings. The number of carbonyl (C=O) groups is 1. The zero-order valence-electron chi connectivity index (χ0n) is 12.4. The van der Waals surface area contributed by atoms with Gasteiger partial charge in [-0.05, 0) is 75.2 Å². The van der Waals surface area contributed by atoms with E-state index in [1.54, 1.807) is 6.07 Å². The molecule has 0 radical (unpaired) electrons. The summed E-state index contributed by atoms with van der Waals surface area (Å²) in [6.45, 7) is 0.728. The molecule has 1 fully saturated rings. The number of tetrazole rings is 1. The first-order valence-corrected chi connectivity index (χ1v) is 8.49. The second-order valence-corrected chi connectivity index (χ2v) is 7.02. The third-order valence-corrected chi connectivity index (χ3v) is 5.44. The van der Waals surface area contributed by atoms with E-state index in [4.69, 9.17) is 0 Å². The van der Waals surface area contributed by atoms with Gasteiger partial charge in [0.25, 0.3) is 5.91 Å². The molecule has 7 heteroatoms. The van der Waals surface area contributed by atoms with Crippen LogP contribution in [0.5, 0.6) is 0 Å². The fourth-order valence-corrected chi connectivity index (χ4v) is 3.98. The van der Waals surface area contributed by atoms with Gasteiger partial charge < -0.3 is 5.32 Å². The first kappa shape index (κ1) is 14.6. The van der Waals surface area contributed by atoms with E-state index in [2.05, 4.69) is 48.9 Å². The number of hydrogen-bond acceptors (Lipinski definition) is 4. The maximum absolute atomic E-state index is 12.5. The van der Waals surface area contributed by atoms with Crippen LogP contribution in [-0.2, 0) is 0 Å². The first-order chi connectivity index (χ1) is 11.2. The summed E-state index contributed by atoms with van der Waals surface area (Å²) in [6, 6.07) is 5.49. The molecule has 2 aliphatic carbocycles. The minimum Gasteiger partial charge on any atom is -0.352 e. The Labute approximate surface area is 142 Å². The van der Waals surface area contributed by atoms with E-state index in [9.17, 15) is 4.79 Å². The highest BCUT2D eigenvalue weighted by atomic mass is 79.9. The number of rotatable bonds is 4. The van der Waals surface area contributed by atoms with E-state index in [-0.39, 0.29) is 5.91 Å². The molecule has 1 aromatic heterocycles. The molecule has 0 spiro atoms. The topological polar surface area (TPSA) is 72.7 Å². The summed E-state index contributed by atoms with van der Waals surface area (Å²) < 4.78 is 2.30. The normalized spacial score (nSPS) is 25.0. The quantitative estimate of drug-likeness (QED) is 0.834. The van der Waals surface area contributed by atoms with Gasteiger partial charge in [-0.3, -0.25) is 4.79 Å². The standard InChI is InChI=1S/C16H16BrN5O/c17-15-4-3-13(22-9-19-20-21-22)7-14(15)16(23)18-8-12-6-10-1-2-11(12)5-10/h1-4,7,9-12H,5-6,8H2,(H,18,23)/t10-,11-,12+/m0/s1. The summed E-state index contributed by atoms with van der Waals surface area (Å²) in [5.41, 5.74) is 1.35. The summed E-state index contributed by atoms with van der Waals surface area (Å²) in [5, 5.41) is 14.2. The Morgan fingerprint density at radius 1 is 1.35 bits per heavy atom. The van der Waals surface area contributed by atoms with Crippen LogP contribution in [0.3, 0.4) is 0 Å². The Hall–Kier alpha value is -2.02. The molecule has 0 saturated heterocycles. The predicted molar refractivity (Wildman–Crippen MR) is 88.0 cm³/mol. The molecule has 1 amide bonds. The van der Waals surface area contributed by atoms with Crippen LogP contribution in [-0.4, -0.2) is 32.7 Å². The Balaban J connectivity index is 1.47. The summed E-state index contributed by atoms with van der Waals surface area (Å²) >= 11 is 3.45. The molecule has 4 rings (SSSR count). The van der Waals surface area contributed by atoms with Crippen LogP contribution in [0.25, 0.3) is 5.69 Å². The van der Waals surface area contributed by atoms with Crippen LogP contribution in [0, 0.1) is 17.8 Å². The van der Waals surface area contributed by atoms with E-state index in [0.717, 1.165) is 22.6 Å². The van der Waals surface area contributed by atoms with Gasteiger partial charge >= 0.3 is 0 Å². The number of nitrogens with one attached hydrogen (secondary N) is 1. The largest absolute Gasteiger partial charge is 0.352 e. The van der Waals surface area contributed by atoms with Crippen molar-refractivity contribution in [2.45, 2.75) is 12.8 Å². The van der Waals surface area contributed by atoms with Crippen molar-refractivity contribution in [1.29, 1.82) is 0 Å². The van der Waals surface area contributed by atoms with Crippen LogP contribution in [0.2, 0.25) is 0 Å². The number of carbonyl (C=O) groups excluding carboxylic acids is 1. The van der Waals surface area contributed by atoms with Gasteiger partial charge in [0.05, 0.1) is 11.3 Å². The van der Waals surface area contributed by atoms with Gasteiger partial charge in [0.15, 0.2) is 0 Å². The Morgan fingerprint density at radius 3 is 2.96 bits per heavy atom. The predicted octanol–water partition coefficient (Wildman–Crippen LogP) is 2.37. The summed E-state index contributed by atoms with van der Waals surface area (Å²) in [4.78, 5) is 12.5. The van der Waals surface area contributed by atoms with Gasteiger partial charge in [-0.1, -0.05) is 12.2 Å². The monoisotopic (exact) mass is 373 g/mol. The number of amides is 1. The fourth-order valence-electron chi connectivity index (χ4n) is 3.56. The van der Waals surface area contributed by atoms with Gasteiger partial charge in [-0.15, -0.1) is 5.10 Å². The maximum Gasteiger partial charge on any atom is 0.252 e. The second-order valence-electron chi connectivity index (χ2n) is 6.17. The van der Waals surface area contributed by atoms with Gasteiger partial charge in [0, 0.05) is 11.0 Å². The lowest BCUT2D eigenvalue weighted by atomic mass is 9.93. The average Bonchev–Trinajstić information content (AvgIpc) is 3.30. The Morgan fingerprint density at radius 2 is 2.26 bits per heavy atom. The molecule has 118 valence electrons. The first-order valence-electron chi connectivity index (χ1n) is 7.70. The molecule has 1 N–H and O–H groups in total. The fraction of sp³-hybridized carbons (Fsp3) is 0.375. The molecule has 0 unspecified atom stereocenters. The van der Waals surface area contributed by atoms with Crippen LogP contribution in [0.1, 0.15) is 23.2 Å². The van der Waals surface area contributed by atoms with Crippen LogP contribution in [0.4, 0.5) is 0 Å². The molecule has 23 heavy (non-hydrogen) atoms. The lowest BCUT2D eigenvalue weighted by Gasteiger charge is -2.18. The number of halogens is 1. The Bertz CT molecular complexity index is 758. The highest BCUT2D eigenvalue weighted by molar-refractivity contribution is 9.10. The van der Waals surface area contributed by atoms with Gasteiger partial charge in [-0.25, -0.2) is 4.68 Å². The minimum absolute atomic E-state index is 0.0708. The van der Waals surface area contributed by atoms with Crippen LogP contribution >= 0.6 is 15.9 Å². The highest BCUT2D eigenvalue weighted by Crippen LogP contribution is 2.42. The SMILES string of the molecule is O=C(NC[C@H]1C[C@H]2C=C[C@H]1C2)c1cc(-n2cnnn2)ccc1Br. The molecule has 1 saturated carbocycles. The molecule has 2 aromatic rings. The average molecular weight is 374 g/mol. The van der Waals surface area contributed by atoms with Gasteiger partial charge in [0.1, 0.15) is 6.33 Å². The zero-order valence-corrected chi connectivity index (χ0v) is 14.0. The zero-order chi connectivity index (χ0) is 15.8. The van der Waals surface area contributed by atoms with E-state index in [0.29, 0.717) is 17.4 Å². The lowest BCUT2D eigenvalue weighted by Crippen LogP contribution is -2.31. The summed E-state index contributed by atoms with van der Waals surface area (Å²) in [6.07, 6.45) is 8.56. The third-order valence-electron chi connectivity index (χ3n) is 4.75. The molecule has 6 nitrogen and oxygen atoms in total. The smallest absolute Gasteiger partial charge is 0.252 e. The van der Waals surface area contributed by atoms with Gasteiger partial charge in [0.2, 0.25) is 0 Å². The molecule has 3 atom stereocenters. The summed E-state index contributed by atoms with van der Waals surface area (Å²) in [7, 11) is 0. The molecule has 2 bridgehead atoms. The van der Waals surface area contributed by atoms with Gasteiger partial charge in [-0.2, -0.15) is 0 Å². The number of aromatic nitrogens is 4. The number of nitrogens with zero attached hydrogens (tertiary/aromatic N) is 4. The number of benzene rings is 1. The van der Waals surface area contributed by atoms with E-state index < -0.39 is 0 Å². The highest BCUT2D eigenvalue weighted by Gasteiger charge is 2.35. The van der Waals surface area contributed by atoms with Crippen molar-refractivity contribution in [3.63, 3.8) is 0 Å². The Kier molecular flexibility index (Phi) is 3.72. The van der Waals surface area contributed by atoms with Crippen LogP contribution in [0.15, 0.2) is 41.2 Å². The van der Waals surface area contributed by atoms with Crippen LogP contribution < -0.4 is 5.32 Å². The van der Waals surface area contributed by atoms with E-state index >= 15 is 0 Å². The van der Waals surface area contributed by atoms with Crippen molar-refractivity contribution < 1.29 is 4.79 Å². The van der Waals surface area contributed by atoms with Crippen molar-refractivity contribution in [2.75, 3.05) is 6.54 Å². The summed E-state index contributed by atoms with van der Waals surface area (Å²) in [5.74, 6) is 1.85. The second kappa shape index (κ2) is 5.88. The third kappa shape index (κ3) is 2.81.